The number of unbranched alkanes of at least 4 members (excludes halogenated alkanes) is 7. The topological polar surface area (TPSA) is 0 Å². The Balaban J connectivity index is 0. The molecule has 0 unspecified atom stereocenters. The van der Waals surface area contributed by atoms with E-state index < -0.39 is 0 Å². The Morgan fingerprint density at radius 1 is 0.647 bits per heavy atom. The Labute approximate surface area is 127 Å². The van der Waals surface area contributed by atoms with Crippen LogP contribution in [-0.2, 0) is 0 Å². The van der Waals surface area contributed by atoms with Crippen molar-refractivity contribution in [1.29, 1.82) is 0 Å². The smallest absolute Gasteiger partial charge is 0.0784 e. The van der Waals surface area contributed by atoms with E-state index in [0.29, 0.717) is 0 Å². The van der Waals surface area contributed by atoms with Gasteiger partial charge in [-0.05, 0) is 26.7 Å². The second-order valence-corrected chi connectivity index (χ2v) is 5.45. The molecule has 17 heavy (non-hydrogen) atoms. The molecule has 0 fully saturated rings. The van der Waals surface area contributed by atoms with Crippen molar-refractivity contribution in [3.63, 3.8) is 0 Å². The zero-order valence-corrected chi connectivity index (χ0v) is 14.8. The van der Waals surface area contributed by atoms with Crippen molar-refractivity contribution in [2.45, 2.75) is 72.1 Å². The highest BCUT2D eigenvalue weighted by atomic mass is 127. The first-order valence-corrected chi connectivity index (χ1v) is 7.52. The SMILES string of the molecule is CCCCCCCCCC[N+](C)(CC)CC.[I-]. The molecule has 0 amide bonds. The molecule has 0 aromatic carbocycles. The molecule has 0 aliphatic heterocycles. The summed E-state index contributed by atoms with van der Waals surface area (Å²) in [5.41, 5.74) is 0. The normalized spacial score (nSPS) is 11.3. The molecular weight excluding hydrogens is 321 g/mol. The molecule has 0 saturated carbocycles. The van der Waals surface area contributed by atoms with Crippen molar-refractivity contribution < 1.29 is 28.5 Å². The van der Waals surface area contributed by atoms with Crippen LogP contribution in [0.4, 0.5) is 0 Å². The lowest BCUT2D eigenvalue weighted by Gasteiger charge is -2.32. The van der Waals surface area contributed by atoms with Crippen molar-refractivity contribution in [3.8, 4) is 0 Å². The van der Waals surface area contributed by atoms with Crippen LogP contribution in [0.15, 0.2) is 0 Å². The molecule has 0 radical (unpaired) electrons. The summed E-state index contributed by atoms with van der Waals surface area (Å²) in [4.78, 5) is 0. The number of nitrogens with zero attached hydrogens (tertiary/aromatic N) is 1. The van der Waals surface area contributed by atoms with Crippen molar-refractivity contribution >= 4 is 0 Å². The van der Waals surface area contributed by atoms with Crippen molar-refractivity contribution in [1.82, 2.24) is 0 Å². The Morgan fingerprint density at radius 3 is 1.47 bits per heavy atom. The highest BCUT2D eigenvalue weighted by Crippen LogP contribution is 2.10. The van der Waals surface area contributed by atoms with Gasteiger partial charge >= 0.3 is 0 Å². The first kappa shape index (κ1) is 20.0. The van der Waals surface area contributed by atoms with Gasteiger partial charge in [0.05, 0.1) is 26.7 Å². The van der Waals surface area contributed by atoms with E-state index in [1.807, 2.05) is 0 Å². The minimum absolute atomic E-state index is 0. The van der Waals surface area contributed by atoms with Crippen molar-refractivity contribution in [3.05, 3.63) is 0 Å². The maximum Gasteiger partial charge on any atom is 0.0784 e. The molecule has 0 aliphatic rings. The van der Waals surface area contributed by atoms with Gasteiger partial charge in [0.1, 0.15) is 0 Å². The molecule has 106 valence electrons. The van der Waals surface area contributed by atoms with E-state index in [0.717, 1.165) is 0 Å². The van der Waals surface area contributed by atoms with Gasteiger partial charge in [-0.3, -0.25) is 0 Å². The maximum atomic E-state index is 2.39. The molecule has 0 heterocycles. The molecule has 2 heteroatoms. The van der Waals surface area contributed by atoms with Gasteiger partial charge in [-0.1, -0.05) is 45.4 Å². The summed E-state index contributed by atoms with van der Waals surface area (Å²) in [5, 5.41) is 0. The number of rotatable bonds is 11. The second kappa shape index (κ2) is 13.1. The van der Waals surface area contributed by atoms with E-state index in [4.69, 9.17) is 0 Å². The largest absolute Gasteiger partial charge is 1.00 e. The van der Waals surface area contributed by atoms with E-state index in [-0.39, 0.29) is 24.0 Å². The van der Waals surface area contributed by atoms with Crippen LogP contribution >= 0.6 is 0 Å². The third kappa shape index (κ3) is 11.5. The van der Waals surface area contributed by atoms with Crippen LogP contribution in [0.2, 0.25) is 0 Å². The number of hydrogen-bond donors (Lipinski definition) is 0. The third-order valence-corrected chi connectivity index (χ3v) is 4.08. The summed E-state index contributed by atoms with van der Waals surface area (Å²) in [6.07, 6.45) is 11.5. The van der Waals surface area contributed by atoms with Gasteiger partial charge in [0.15, 0.2) is 0 Å². The van der Waals surface area contributed by atoms with Gasteiger partial charge in [0, 0.05) is 0 Å². The standard InChI is InChI=1S/C15H34N.HI/c1-5-8-9-10-11-12-13-14-15-16(4,6-2)7-3;/h5-15H2,1-4H3;1H/q+1;/p-1. The summed E-state index contributed by atoms with van der Waals surface area (Å²) < 4.78 is 1.26. The lowest BCUT2D eigenvalue weighted by molar-refractivity contribution is -0.906. The molecule has 0 spiro atoms. The molecular formula is C15H34IN. The number of quaternary nitrogens is 1. The van der Waals surface area contributed by atoms with Gasteiger partial charge in [-0.2, -0.15) is 0 Å². The van der Waals surface area contributed by atoms with Gasteiger partial charge < -0.3 is 28.5 Å². The molecule has 0 atom stereocenters. The van der Waals surface area contributed by atoms with Crippen LogP contribution in [0.5, 0.6) is 0 Å². The average molecular weight is 355 g/mol. The zero-order valence-electron chi connectivity index (χ0n) is 12.6. The second-order valence-electron chi connectivity index (χ2n) is 5.45. The van der Waals surface area contributed by atoms with Gasteiger partial charge in [0.2, 0.25) is 0 Å². The van der Waals surface area contributed by atoms with E-state index in [1.54, 1.807) is 0 Å². The summed E-state index contributed by atoms with van der Waals surface area (Å²) in [5.74, 6) is 0. The summed E-state index contributed by atoms with van der Waals surface area (Å²) in [6, 6.07) is 0. The van der Waals surface area contributed by atoms with Crippen LogP contribution in [0.25, 0.3) is 0 Å². The maximum absolute atomic E-state index is 2.39. The predicted octanol–water partition coefficient (Wildman–Crippen LogP) is 1.62. The van der Waals surface area contributed by atoms with Crippen molar-refractivity contribution in [2.24, 2.45) is 0 Å². The fourth-order valence-corrected chi connectivity index (χ4v) is 2.17. The monoisotopic (exact) mass is 355 g/mol. The van der Waals surface area contributed by atoms with E-state index in [1.165, 1.54) is 75.5 Å². The predicted molar refractivity (Wildman–Crippen MR) is 74.7 cm³/mol. The molecule has 0 bridgehead atoms. The Bertz CT molecular complexity index is 144. The molecule has 1 nitrogen and oxygen atoms in total. The van der Waals surface area contributed by atoms with Crippen LogP contribution in [0.1, 0.15) is 72.1 Å². The third-order valence-electron chi connectivity index (χ3n) is 4.08. The highest BCUT2D eigenvalue weighted by Gasteiger charge is 2.14. The molecule has 0 saturated heterocycles. The number of hydrogen-bond acceptors (Lipinski definition) is 0. The molecule has 0 N–H and O–H groups in total. The van der Waals surface area contributed by atoms with E-state index >= 15 is 0 Å². The molecule has 0 aromatic rings. The summed E-state index contributed by atoms with van der Waals surface area (Å²) in [6.45, 7) is 10.9. The quantitative estimate of drug-likeness (QED) is 0.300. The van der Waals surface area contributed by atoms with Crippen LogP contribution < -0.4 is 24.0 Å². The van der Waals surface area contributed by atoms with Crippen molar-refractivity contribution in [2.75, 3.05) is 26.7 Å². The van der Waals surface area contributed by atoms with Crippen LogP contribution in [0.3, 0.4) is 0 Å². The fourth-order valence-electron chi connectivity index (χ4n) is 2.17. The minimum atomic E-state index is 0. The molecule has 0 rings (SSSR count). The summed E-state index contributed by atoms with van der Waals surface area (Å²) >= 11 is 0. The molecule has 0 aliphatic carbocycles. The van der Waals surface area contributed by atoms with E-state index in [9.17, 15) is 0 Å². The zero-order chi connectivity index (χ0) is 12.3. The Hall–Kier alpha value is 0.690. The first-order valence-electron chi connectivity index (χ1n) is 7.52. The highest BCUT2D eigenvalue weighted by molar-refractivity contribution is 4.46. The van der Waals surface area contributed by atoms with Gasteiger partial charge in [-0.25, -0.2) is 0 Å². The van der Waals surface area contributed by atoms with Crippen LogP contribution in [-0.4, -0.2) is 31.2 Å². The number of halogens is 1. The first-order chi connectivity index (χ1) is 7.68. The fraction of sp³-hybridized carbons (Fsp3) is 1.00. The Morgan fingerprint density at radius 2 is 1.06 bits per heavy atom. The average Bonchev–Trinajstić information content (AvgIpc) is 2.32. The summed E-state index contributed by atoms with van der Waals surface area (Å²) in [7, 11) is 2.39. The Kier molecular flexibility index (Phi) is 15.5. The molecule has 0 aromatic heterocycles. The van der Waals surface area contributed by atoms with E-state index in [2.05, 4.69) is 27.8 Å². The lowest BCUT2D eigenvalue weighted by atomic mass is 10.1. The minimum Gasteiger partial charge on any atom is -1.00 e. The van der Waals surface area contributed by atoms with Crippen LogP contribution in [0, 0.1) is 0 Å². The van der Waals surface area contributed by atoms with Gasteiger partial charge in [0.25, 0.3) is 0 Å². The van der Waals surface area contributed by atoms with Gasteiger partial charge in [-0.15, -0.1) is 0 Å². The lowest BCUT2D eigenvalue weighted by Crippen LogP contribution is -3.00.